The summed E-state index contributed by atoms with van der Waals surface area (Å²) < 4.78 is 27.9. The number of rotatable bonds is 5. The third-order valence-corrected chi connectivity index (χ3v) is 8.80. The molecular formula is C22H27N3O4S2. The number of hydrogen-bond donors (Lipinski definition) is 1. The van der Waals surface area contributed by atoms with Crippen LogP contribution in [0, 0.1) is 5.92 Å². The van der Waals surface area contributed by atoms with Gasteiger partial charge in [0.05, 0.1) is 11.4 Å². The van der Waals surface area contributed by atoms with Gasteiger partial charge in [-0.25, -0.2) is 8.42 Å². The van der Waals surface area contributed by atoms with Crippen molar-refractivity contribution < 1.29 is 18.0 Å². The van der Waals surface area contributed by atoms with Crippen molar-refractivity contribution in [2.75, 3.05) is 24.5 Å². The van der Waals surface area contributed by atoms with Crippen molar-refractivity contribution in [3.8, 4) is 0 Å². The maximum atomic E-state index is 13.2. The molecule has 0 aliphatic carbocycles. The first-order valence-electron chi connectivity index (χ1n) is 10.6. The molecule has 31 heavy (non-hydrogen) atoms. The van der Waals surface area contributed by atoms with Crippen molar-refractivity contribution >= 4 is 38.9 Å². The number of carbonyl (C=O) groups excluding carboxylic acids is 2. The lowest BCUT2D eigenvalue weighted by atomic mass is 9.97. The van der Waals surface area contributed by atoms with E-state index in [4.69, 9.17) is 0 Å². The summed E-state index contributed by atoms with van der Waals surface area (Å²) in [4.78, 5) is 27.4. The summed E-state index contributed by atoms with van der Waals surface area (Å²) >= 11 is 1.60. The van der Waals surface area contributed by atoms with E-state index in [2.05, 4.69) is 5.32 Å². The number of thiophene rings is 1. The van der Waals surface area contributed by atoms with Crippen LogP contribution < -0.4 is 10.2 Å². The maximum Gasteiger partial charge on any atom is 0.243 e. The molecule has 0 bridgehead atoms. The normalized spacial score (nSPS) is 17.9. The Hall–Kier alpha value is -2.23. The van der Waals surface area contributed by atoms with Crippen LogP contribution in [0.5, 0.6) is 0 Å². The van der Waals surface area contributed by atoms with Crippen LogP contribution in [0.4, 0.5) is 5.69 Å². The quantitative estimate of drug-likeness (QED) is 0.742. The molecule has 0 radical (unpaired) electrons. The second-order valence-electron chi connectivity index (χ2n) is 8.04. The van der Waals surface area contributed by atoms with Gasteiger partial charge in [0.25, 0.3) is 0 Å². The molecule has 9 heteroatoms. The summed E-state index contributed by atoms with van der Waals surface area (Å²) in [5.74, 6) is -0.210. The van der Waals surface area contributed by atoms with Gasteiger partial charge in [0.2, 0.25) is 21.8 Å². The fourth-order valence-electron chi connectivity index (χ4n) is 4.30. The summed E-state index contributed by atoms with van der Waals surface area (Å²) in [5.41, 5.74) is 1.70. The van der Waals surface area contributed by atoms with Crippen molar-refractivity contribution in [1.82, 2.24) is 9.62 Å². The Kier molecular flexibility index (Phi) is 6.45. The molecule has 1 aromatic carbocycles. The Balaban J connectivity index is 1.40. The monoisotopic (exact) mass is 461 g/mol. The van der Waals surface area contributed by atoms with Crippen molar-refractivity contribution in [3.63, 3.8) is 0 Å². The molecule has 1 fully saturated rings. The van der Waals surface area contributed by atoms with E-state index in [-0.39, 0.29) is 22.6 Å². The number of fused-ring (bicyclic) bond motifs is 1. The first-order valence-corrected chi connectivity index (χ1v) is 12.9. The van der Waals surface area contributed by atoms with Crippen LogP contribution in [0.25, 0.3) is 0 Å². The van der Waals surface area contributed by atoms with E-state index in [1.165, 1.54) is 11.2 Å². The molecule has 1 aromatic heterocycles. The lowest BCUT2D eigenvalue weighted by Crippen LogP contribution is -2.42. The molecule has 2 aliphatic rings. The van der Waals surface area contributed by atoms with Crippen molar-refractivity contribution in [2.45, 2.75) is 44.0 Å². The van der Waals surface area contributed by atoms with Crippen LogP contribution in [0.3, 0.4) is 0 Å². The molecule has 7 nitrogen and oxygen atoms in total. The third-order valence-electron chi connectivity index (χ3n) is 6.03. The molecule has 0 saturated carbocycles. The van der Waals surface area contributed by atoms with Crippen LogP contribution in [-0.4, -0.2) is 44.2 Å². The number of sulfonamides is 1. The van der Waals surface area contributed by atoms with Crippen LogP contribution in [0.15, 0.2) is 40.6 Å². The zero-order valence-corrected chi connectivity index (χ0v) is 19.2. The van der Waals surface area contributed by atoms with Gasteiger partial charge in [-0.2, -0.15) is 4.31 Å². The van der Waals surface area contributed by atoms with E-state index in [0.717, 1.165) is 29.0 Å². The number of nitrogens with zero attached hydrogens (tertiary/aromatic N) is 2. The highest BCUT2D eigenvalue weighted by molar-refractivity contribution is 7.89. The number of anilines is 1. The van der Waals surface area contributed by atoms with Gasteiger partial charge in [0, 0.05) is 43.0 Å². The summed E-state index contributed by atoms with van der Waals surface area (Å²) in [7, 11) is -3.63. The van der Waals surface area contributed by atoms with Crippen LogP contribution in [0.1, 0.15) is 36.6 Å². The highest BCUT2D eigenvalue weighted by Crippen LogP contribution is 2.31. The van der Waals surface area contributed by atoms with Crippen molar-refractivity contribution in [3.05, 3.63) is 46.2 Å². The second-order valence-corrected chi connectivity index (χ2v) is 11.0. The third kappa shape index (κ3) is 4.68. The van der Waals surface area contributed by atoms with Gasteiger partial charge in [-0.1, -0.05) is 6.07 Å². The smallest absolute Gasteiger partial charge is 0.243 e. The lowest BCUT2D eigenvalue weighted by Gasteiger charge is -2.32. The molecule has 0 unspecified atom stereocenters. The van der Waals surface area contributed by atoms with Gasteiger partial charge in [-0.05, 0) is 60.9 Å². The lowest BCUT2D eigenvalue weighted by molar-refractivity contribution is -0.126. The van der Waals surface area contributed by atoms with E-state index in [9.17, 15) is 18.0 Å². The largest absolute Gasteiger partial charge is 0.351 e. The second kappa shape index (κ2) is 9.10. The predicted molar refractivity (Wildman–Crippen MR) is 120 cm³/mol. The average molecular weight is 462 g/mol. The molecular weight excluding hydrogens is 434 g/mol. The highest BCUT2D eigenvalue weighted by atomic mass is 32.2. The van der Waals surface area contributed by atoms with E-state index in [1.807, 2.05) is 17.5 Å². The fourth-order valence-corrected chi connectivity index (χ4v) is 6.47. The number of benzene rings is 1. The summed E-state index contributed by atoms with van der Waals surface area (Å²) in [6.07, 6.45) is 2.61. The van der Waals surface area contributed by atoms with Gasteiger partial charge in [0.1, 0.15) is 0 Å². The van der Waals surface area contributed by atoms with E-state index in [1.54, 1.807) is 34.4 Å². The van der Waals surface area contributed by atoms with Gasteiger partial charge >= 0.3 is 0 Å². The molecule has 0 atom stereocenters. The Bertz CT molecular complexity index is 1060. The Labute approximate surface area is 187 Å². The van der Waals surface area contributed by atoms with E-state index >= 15 is 0 Å². The fraction of sp³-hybridized carbons (Fsp3) is 0.455. The molecule has 1 saturated heterocycles. The van der Waals surface area contributed by atoms with E-state index < -0.39 is 10.0 Å². The molecule has 166 valence electrons. The minimum Gasteiger partial charge on any atom is -0.351 e. The van der Waals surface area contributed by atoms with Gasteiger partial charge < -0.3 is 10.2 Å². The molecule has 1 N–H and O–H groups in total. The van der Waals surface area contributed by atoms with Crippen molar-refractivity contribution in [2.24, 2.45) is 5.92 Å². The molecule has 2 aliphatic heterocycles. The molecule has 3 heterocycles. The van der Waals surface area contributed by atoms with Crippen molar-refractivity contribution in [1.29, 1.82) is 0 Å². The Morgan fingerprint density at radius 3 is 2.61 bits per heavy atom. The zero-order valence-electron chi connectivity index (χ0n) is 17.5. The zero-order chi connectivity index (χ0) is 22.0. The van der Waals surface area contributed by atoms with Gasteiger partial charge in [-0.3, -0.25) is 9.59 Å². The topological polar surface area (TPSA) is 86.8 Å². The summed E-state index contributed by atoms with van der Waals surface area (Å²) in [6, 6.07) is 8.98. The molecule has 0 spiro atoms. The average Bonchev–Trinajstić information content (AvgIpc) is 3.30. The summed E-state index contributed by atoms with van der Waals surface area (Å²) in [6.45, 7) is 3.37. The number of nitrogens with one attached hydrogen (secondary N) is 1. The highest BCUT2D eigenvalue weighted by Gasteiger charge is 2.33. The van der Waals surface area contributed by atoms with Gasteiger partial charge in [0.15, 0.2) is 0 Å². The van der Waals surface area contributed by atoms with Crippen LogP contribution in [-0.2, 0) is 32.6 Å². The SMILES string of the molecule is CC(=O)N1CCCc2cc(S(=O)(=O)N3CCC(C(=O)NCc4cccs4)CC3)ccc21. The Morgan fingerprint density at radius 1 is 1.16 bits per heavy atom. The predicted octanol–water partition coefficient (Wildman–Crippen LogP) is 2.76. The number of carbonyl (C=O) groups is 2. The van der Waals surface area contributed by atoms with Gasteiger partial charge in [-0.15, -0.1) is 11.3 Å². The Morgan fingerprint density at radius 2 is 1.94 bits per heavy atom. The first kappa shape index (κ1) is 22.0. The number of piperidine rings is 1. The summed E-state index contributed by atoms with van der Waals surface area (Å²) in [5, 5.41) is 4.93. The minimum atomic E-state index is -3.63. The number of aryl methyl sites for hydroxylation is 1. The first-order chi connectivity index (χ1) is 14.9. The van der Waals surface area contributed by atoms with Crippen LogP contribution in [0.2, 0.25) is 0 Å². The molecule has 4 rings (SSSR count). The maximum absolute atomic E-state index is 13.2. The minimum absolute atomic E-state index is 0.0106. The van der Waals surface area contributed by atoms with Crippen LogP contribution >= 0.6 is 11.3 Å². The molecule has 2 aromatic rings. The number of amides is 2. The molecule has 2 amide bonds. The van der Waals surface area contributed by atoms with E-state index in [0.29, 0.717) is 39.0 Å². The number of hydrogen-bond acceptors (Lipinski definition) is 5. The standard InChI is InChI=1S/C22H27N3O4S2/c1-16(26)25-10-2-4-18-14-20(6-7-21(18)25)31(28,29)24-11-8-17(9-12-24)22(27)23-15-19-5-3-13-30-19/h3,5-7,13-14,17H,2,4,8-12,15H2,1H3,(H,23,27).